The second-order valence-corrected chi connectivity index (χ2v) is 8.75. The predicted molar refractivity (Wildman–Crippen MR) is 129 cm³/mol. The number of carbonyl (C=O) groups excluding carboxylic acids is 2. The Morgan fingerprint density at radius 2 is 1.89 bits per heavy atom. The summed E-state index contributed by atoms with van der Waals surface area (Å²) in [5, 5.41) is 7.54. The van der Waals surface area contributed by atoms with Crippen LogP contribution in [0.5, 0.6) is 5.75 Å². The van der Waals surface area contributed by atoms with Crippen LogP contribution in [0.2, 0.25) is 0 Å². The molecule has 0 radical (unpaired) electrons. The Labute approximate surface area is 205 Å². The molecule has 1 heterocycles. The van der Waals surface area contributed by atoms with Gasteiger partial charge in [-0.05, 0) is 47.9 Å². The Morgan fingerprint density at radius 3 is 2.60 bits per heavy atom. The molecular formula is C24H27N3O7S. The van der Waals surface area contributed by atoms with E-state index in [1.807, 2.05) is 6.92 Å². The number of fused-ring (bicyclic) bond motifs is 1. The third-order valence-electron chi connectivity index (χ3n) is 5.46. The highest BCUT2D eigenvalue weighted by molar-refractivity contribution is 7.78. The first-order chi connectivity index (χ1) is 16.9. The van der Waals surface area contributed by atoms with Gasteiger partial charge in [0.15, 0.2) is 5.75 Å². The molecule has 0 aliphatic heterocycles. The SMILES string of the molecule is CCCCC(CC)COC(=O)c1ccccc1OS(=O)n1nnc2ccc(C(=O)OC)cc2c1=O. The fourth-order valence-electron chi connectivity index (χ4n) is 3.36. The fourth-order valence-corrected chi connectivity index (χ4v) is 4.06. The zero-order chi connectivity index (χ0) is 25.4. The highest BCUT2D eigenvalue weighted by Crippen LogP contribution is 2.22. The van der Waals surface area contributed by atoms with Crippen LogP contribution < -0.4 is 9.74 Å². The lowest BCUT2D eigenvalue weighted by Crippen LogP contribution is -2.30. The van der Waals surface area contributed by atoms with E-state index in [-0.39, 0.29) is 40.3 Å². The average Bonchev–Trinajstić information content (AvgIpc) is 2.88. The van der Waals surface area contributed by atoms with E-state index >= 15 is 0 Å². The Hall–Kier alpha value is -3.60. The molecule has 186 valence electrons. The van der Waals surface area contributed by atoms with Crippen molar-refractivity contribution in [3.63, 3.8) is 0 Å². The van der Waals surface area contributed by atoms with Gasteiger partial charge in [-0.2, -0.15) is 4.21 Å². The van der Waals surface area contributed by atoms with Gasteiger partial charge >= 0.3 is 23.2 Å². The average molecular weight is 502 g/mol. The van der Waals surface area contributed by atoms with E-state index in [1.165, 1.54) is 37.4 Å². The van der Waals surface area contributed by atoms with Crippen molar-refractivity contribution in [2.75, 3.05) is 13.7 Å². The number of aromatic nitrogens is 3. The van der Waals surface area contributed by atoms with E-state index < -0.39 is 28.8 Å². The van der Waals surface area contributed by atoms with E-state index in [0.29, 0.717) is 4.09 Å². The van der Waals surface area contributed by atoms with E-state index in [2.05, 4.69) is 22.0 Å². The van der Waals surface area contributed by atoms with Crippen molar-refractivity contribution in [2.45, 2.75) is 39.5 Å². The Morgan fingerprint density at radius 1 is 1.11 bits per heavy atom. The van der Waals surface area contributed by atoms with Crippen molar-refractivity contribution in [3.8, 4) is 5.75 Å². The lowest BCUT2D eigenvalue weighted by atomic mass is 10.0. The molecule has 11 heteroatoms. The van der Waals surface area contributed by atoms with Crippen LogP contribution in [0.4, 0.5) is 0 Å². The lowest BCUT2D eigenvalue weighted by Gasteiger charge is -2.15. The number of esters is 2. The minimum Gasteiger partial charge on any atom is -0.465 e. The fraction of sp³-hybridized carbons (Fsp3) is 0.375. The molecule has 10 nitrogen and oxygen atoms in total. The summed E-state index contributed by atoms with van der Waals surface area (Å²) in [7, 11) is 1.22. The standard InChI is InChI=1S/C24H27N3O7S/c1-4-6-9-16(5-2)15-33-24(30)18-10-7-8-11-21(18)34-35(31)27-22(28)19-14-17(23(29)32-3)12-13-20(19)25-26-27/h7-8,10-14,16H,4-6,9,15H2,1-3H3. The Bertz CT molecular complexity index is 1290. The molecule has 2 unspecified atom stereocenters. The molecule has 0 aliphatic carbocycles. The molecule has 35 heavy (non-hydrogen) atoms. The molecule has 3 aromatic rings. The van der Waals surface area contributed by atoms with Gasteiger partial charge in [-0.3, -0.25) is 4.79 Å². The van der Waals surface area contributed by atoms with Crippen molar-refractivity contribution in [2.24, 2.45) is 5.92 Å². The van der Waals surface area contributed by atoms with Gasteiger partial charge < -0.3 is 13.7 Å². The number of ether oxygens (including phenoxy) is 2. The summed E-state index contributed by atoms with van der Waals surface area (Å²) in [4.78, 5) is 37.4. The monoisotopic (exact) mass is 501 g/mol. The number of para-hydroxylation sites is 1. The topological polar surface area (TPSA) is 127 Å². The number of benzene rings is 2. The largest absolute Gasteiger partial charge is 0.465 e. The minimum absolute atomic E-state index is 0.00484. The van der Waals surface area contributed by atoms with Gasteiger partial charge in [-0.25, -0.2) is 9.59 Å². The number of hydrogen-bond donors (Lipinski definition) is 0. The normalized spacial score (nSPS) is 12.7. The molecule has 0 saturated heterocycles. The highest BCUT2D eigenvalue weighted by atomic mass is 32.2. The smallest absolute Gasteiger partial charge is 0.344 e. The number of unbranched alkanes of at least 4 members (excludes halogenated alkanes) is 1. The summed E-state index contributed by atoms with van der Waals surface area (Å²) in [5.74, 6) is -1.04. The summed E-state index contributed by atoms with van der Waals surface area (Å²) in [6.45, 7) is 4.42. The second kappa shape index (κ2) is 12.2. The van der Waals surface area contributed by atoms with E-state index in [1.54, 1.807) is 12.1 Å². The van der Waals surface area contributed by atoms with E-state index in [4.69, 9.17) is 8.92 Å². The number of methoxy groups -OCH3 is 1. The summed E-state index contributed by atoms with van der Waals surface area (Å²) in [6, 6.07) is 10.3. The summed E-state index contributed by atoms with van der Waals surface area (Å²) in [5.41, 5.74) is -0.393. The molecule has 3 rings (SSSR count). The molecule has 2 atom stereocenters. The minimum atomic E-state index is -2.46. The van der Waals surface area contributed by atoms with Crippen LogP contribution in [-0.4, -0.2) is 44.3 Å². The van der Waals surface area contributed by atoms with Gasteiger partial charge in [-0.1, -0.05) is 49.3 Å². The third-order valence-corrected chi connectivity index (χ3v) is 6.30. The maximum absolute atomic E-state index is 12.9. The molecular weight excluding hydrogens is 474 g/mol. The van der Waals surface area contributed by atoms with Gasteiger partial charge in [0.25, 0.3) is 5.56 Å². The van der Waals surface area contributed by atoms with Crippen LogP contribution in [-0.2, 0) is 20.7 Å². The maximum Gasteiger partial charge on any atom is 0.344 e. The summed E-state index contributed by atoms with van der Waals surface area (Å²) in [6.07, 6.45) is 3.96. The zero-order valence-electron chi connectivity index (χ0n) is 19.8. The van der Waals surface area contributed by atoms with E-state index in [0.717, 1.165) is 25.7 Å². The van der Waals surface area contributed by atoms with Crippen LogP contribution >= 0.6 is 0 Å². The van der Waals surface area contributed by atoms with Crippen molar-refractivity contribution in [3.05, 3.63) is 63.9 Å². The molecule has 0 amide bonds. The Kier molecular flexibility index (Phi) is 9.07. The zero-order valence-corrected chi connectivity index (χ0v) is 20.6. The molecule has 0 bridgehead atoms. The van der Waals surface area contributed by atoms with Gasteiger partial charge in [-0.15, -0.1) is 5.10 Å². The maximum atomic E-state index is 12.9. The van der Waals surface area contributed by atoms with Crippen LogP contribution in [0, 0.1) is 5.92 Å². The van der Waals surface area contributed by atoms with Gasteiger partial charge in [0.1, 0.15) is 11.1 Å². The molecule has 0 N–H and O–H groups in total. The molecule has 2 aromatic carbocycles. The van der Waals surface area contributed by atoms with Crippen LogP contribution in [0.25, 0.3) is 10.9 Å². The quantitative estimate of drug-likeness (QED) is 0.363. The number of carbonyl (C=O) groups is 2. The van der Waals surface area contributed by atoms with Crippen LogP contribution in [0.1, 0.15) is 60.2 Å². The first kappa shape index (κ1) is 26.0. The van der Waals surface area contributed by atoms with Gasteiger partial charge in [0, 0.05) is 0 Å². The first-order valence-corrected chi connectivity index (χ1v) is 12.3. The van der Waals surface area contributed by atoms with Crippen LogP contribution in [0.3, 0.4) is 0 Å². The molecule has 0 saturated carbocycles. The van der Waals surface area contributed by atoms with Crippen molar-refractivity contribution in [1.82, 2.24) is 14.4 Å². The van der Waals surface area contributed by atoms with Crippen LogP contribution in [0.15, 0.2) is 47.3 Å². The highest BCUT2D eigenvalue weighted by Gasteiger charge is 2.20. The van der Waals surface area contributed by atoms with Gasteiger partial charge in [0.2, 0.25) is 0 Å². The van der Waals surface area contributed by atoms with Gasteiger partial charge in [0.05, 0.1) is 24.7 Å². The van der Waals surface area contributed by atoms with Crippen molar-refractivity contribution >= 4 is 34.1 Å². The summed E-state index contributed by atoms with van der Waals surface area (Å²) < 4.78 is 29.0. The lowest BCUT2D eigenvalue weighted by molar-refractivity contribution is 0.0426. The third kappa shape index (κ3) is 6.30. The number of hydrogen-bond acceptors (Lipinski definition) is 9. The Balaban J connectivity index is 1.82. The molecule has 0 fully saturated rings. The van der Waals surface area contributed by atoms with Crippen molar-refractivity contribution in [1.29, 1.82) is 0 Å². The van der Waals surface area contributed by atoms with Crippen molar-refractivity contribution < 1.29 is 27.5 Å². The summed E-state index contributed by atoms with van der Waals surface area (Å²) >= 11 is -2.46. The van der Waals surface area contributed by atoms with E-state index in [9.17, 15) is 18.6 Å². The molecule has 1 aromatic heterocycles. The predicted octanol–water partition coefficient (Wildman–Crippen LogP) is 3.46. The molecule has 0 spiro atoms. The number of rotatable bonds is 11. The second-order valence-electron chi connectivity index (χ2n) is 7.80. The molecule has 0 aliphatic rings. The number of nitrogens with zero attached hydrogens (tertiary/aromatic N) is 3. The first-order valence-electron chi connectivity index (χ1n) is 11.2.